The lowest BCUT2D eigenvalue weighted by Crippen LogP contribution is -2.43. The fourth-order valence-electron chi connectivity index (χ4n) is 5.55. The van der Waals surface area contributed by atoms with Crippen LogP contribution in [0.3, 0.4) is 0 Å². The minimum Gasteiger partial charge on any atom is -0.507 e. The van der Waals surface area contributed by atoms with Crippen molar-refractivity contribution in [1.82, 2.24) is 0 Å². The average Bonchev–Trinajstić information content (AvgIpc) is 2.76. The Kier molecular flexibility index (Phi) is 3.31. The van der Waals surface area contributed by atoms with Gasteiger partial charge in [-0.05, 0) is 108 Å². The van der Waals surface area contributed by atoms with E-state index in [1.807, 2.05) is 6.07 Å². The SMILES string of the molecule is C[C@@]12CC[C@@H]3c4cc(I)c(O)cc4CC[C@H]3[C@@H]1CC[C@@H]2O. The number of aliphatic hydroxyl groups excluding tert-OH is 1. The normalized spacial score (nSPS) is 41.3. The molecule has 3 aliphatic rings. The van der Waals surface area contributed by atoms with Gasteiger partial charge in [-0.2, -0.15) is 0 Å². The molecule has 0 aromatic heterocycles. The summed E-state index contributed by atoms with van der Waals surface area (Å²) in [6.07, 6.45) is 6.76. The first-order valence-corrected chi connectivity index (χ1v) is 9.28. The topological polar surface area (TPSA) is 40.5 Å². The molecular formula is C18H23IO2. The van der Waals surface area contributed by atoms with Gasteiger partial charge in [-0.1, -0.05) is 6.92 Å². The highest BCUT2D eigenvalue weighted by atomic mass is 127. The molecule has 0 spiro atoms. The van der Waals surface area contributed by atoms with E-state index in [2.05, 4.69) is 35.6 Å². The highest BCUT2D eigenvalue weighted by molar-refractivity contribution is 14.1. The lowest BCUT2D eigenvalue weighted by molar-refractivity contribution is -0.0226. The van der Waals surface area contributed by atoms with Crippen LogP contribution in [-0.2, 0) is 6.42 Å². The van der Waals surface area contributed by atoms with Crippen molar-refractivity contribution in [3.63, 3.8) is 0 Å². The smallest absolute Gasteiger partial charge is 0.129 e. The molecule has 0 unspecified atom stereocenters. The second-order valence-corrected chi connectivity index (χ2v) is 8.72. The highest BCUT2D eigenvalue weighted by Gasteiger charge is 2.54. The Bertz CT molecular complexity index is 585. The number of aromatic hydroxyl groups is 1. The van der Waals surface area contributed by atoms with Gasteiger partial charge in [-0.25, -0.2) is 0 Å². The van der Waals surface area contributed by atoms with Gasteiger partial charge in [0, 0.05) is 0 Å². The Morgan fingerprint density at radius 3 is 2.81 bits per heavy atom. The molecule has 0 amide bonds. The van der Waals surface area contributed by atoms with Crippen molar-refractivity contribution in [2.24, 2.45) is 17.3 Å². The van der Waals surface area contributed by atoms with Gasteiger partial charge in [-0.15, -0.1) is 0 Å². The van der Waals surface area contributed by atoms with Crippen molar-refractivity contribution in [2.45, 2.75) is 57.5 Å². The van der Waals surface area contributed by atoms with Crippen LogP contribution in [0.2, 0.25) is 0 Å². The number of fused-ring (bicyclic) bond motifs is 5. The molecule has 2 N–H and O–H groups in total. The Hall–Kier alpha value is -0.290. The third kappa shape index (κ3) is 1.99. The molecule has 3 heteroatoms. The molecule has 1 aromatic carbocycles. The monoisotopic (exact) mass is 398 g/mol. The Morgan fingerprint density at radius 2 is 2.00 bits per heavy atom. The largest absolute Gasteiger partial charge is 0.507 e. The van der Waals surface area contributed by atoms with Gasteiger partial charge in [0.05, 0.1) is 9.67 Å². The summed E-state index contributed by atoms with van der Waals surface area (Å²) in [6, 6.07) is 4.21. The van der Waals surface area contributed by atoms with Gasteiger partial charge in [0.15, 0.2) is 0 Å². The number of hydrogen-bond acceptors (Lipinski definition) is 2. The lowest BCUT2D eigenvalue weighted by atomic mass is 9.55. The summed E-state index contributed by atoms with van der Waals surface area (Å²) in [7, 11) is 0. The molecule has 0 bridgehead atoms. The van der Waals surface area contributed by atoms with Gasteiger partial charge in [-0.3, -0.25) is 0 Å². The predicted molar refractivity (Wildman–Crippen MR) is 91.4 cm³/mol. The van der Waals surface area contributed by atoms with E-state index in [0.29, 0.717) is 17.6 Å². The van der Waals surface area contributed by atoms with Crippen LogP contribution in [0.4, 0.5) is 0 Å². The molecule has 1 aromatic rings. The molecule has 5 atom stereocenters. The van der Waals surface area contributed by atoms with E-state index in [0.717, 1.165) is 28.8 Å². The fourth-order valence-corrected chi connectivity index (χ4v) is 6.04. The van der Waals surface area contributed by atoms with E-state index in [1.54, 1.807) is 0 Å². The van der Waals surface area contributed by atoms with Gasteiger partial charge in [0.1, 0.15) is 5.75 Å². The molecule has 0 aliphatic heterocycles. The van der Waals surface area contributed by atoms with Gasteiger partial charge in [0.25, 0.3) is 0 Å². The lowest BCUT2D eigenvalue weighted by Gasteiger charge is -2.50. The molecule has 0 saturated heterocycles. The van der Waals surface area contributed by atoms with Gasteiger partial charge < -0.3 is 10.2 Å². The first-order chi connectivity index (χ1) is 10.0. The minimum atomic E-state index is -0.0928. The summed E-state index contributed by atoms with van der Waals surface area (Å²) in [5, 5.41) is 20.4. The van der Waals surface area contributed by atoms with Gasteiger partial charge >= 0.3 is 0 Å². The van der Waals surface area contributed by atoms with Crippen LogP contribution >= 0.6 is 22.6 Å². The van der Waals surface area contributed by atoms with Gasteiger partial charge in [0.2, 0.25) is 0 Å². The first kappa shape index (κ1) is 14.3. The summed E-state index contributed by atoms with van der Waals surface area (Å²) < 4.78 is 0.979. The Balaban J connectivity index is 1.73. The molecule has 2 fully saturated rings. The maximum absolute atomic E-state index is 10.4. The standard InChI is InChI=1S/C18H23IO2/c1-18-7-6-11-12(14(18)4-5-17(18)21)3-2-10-8-16(20)15(19)9-13(10)11/h8-9,11-12,14,17,20-21H,2-7H2,1H3/t11-,12+,14-,17-,18+/m0/s1. The maximum Gasteiger partial charge on any atom is 0.129 e. The molecule has 0 radical (unpaired) electrons. The van der Waals surface area contributed by atoms with Crippen molar-refractivity contribution in [3.05, 3.63) is 26.8 Å². The Morgan fingerprint density at radius 1 is 1.19 bits per heavy atom. The number of aliphatic hydroxyl groups is 1. The number of phenolic OH excluding ortho intramolecular Hbond substituents is 1. The van der Waals surface area contributed by atoms with Crippen molar-refractivity contribution in [2.75, 3.05) is 0 Å². The molecule has 21 heavy (non-hydrogen) atoms. The number of rotatable bonds is 0. The van der Waals surface area contributed by atoms with Crippen LogP contribution in [0.5, 0.6) is 5.75 Å². The number of benzene rings is 1. The summed E-state index contributed by atoms with van der Waals surface area (Å²) in [4.78, 5) is 0. The third-order valence-corrected chi connectivity index (χ3v) is 7.61. The van der Waals surface area contributed by atoms with E-state index in [9.17, 15) is 10.2 Å². The minimum absolute atomic E-state index is 0.0928. The maximum atomic E-state index is 10.4. The molecular weight excluding hydrogens is 375 g/mol. The van der Waals surface area contributed by atoms with Crippen molar-refractivity contribution >= 4 is 22.6 Å². The average molecular weight is 398 g/mol. The predicted octanol–water partition coefficient (Wildman–Crippen LogP) is 4.21. The van der Waals surface area contributed by atoms with Crippen LogP contribution < -0.4 is 0 Å². The molecule has 4 rings (SSSR count). The number of phenols is 1. The molecule has 2 saturated carbocycles. The summed E-state index contributed by atoms with van der Waals surface area (Å²) in [5.41, 5.74) is 3.00. The summed E-state index contributed by atoms with van der Waals surface area (Å²) >= 11 is 2.24. The van der Waals surface area contributed by atoms with E-state index in [-0.39, 0.29) is 11.5 Å². The zero-order valence-corrected chi connectivity index (χ0v) is 14.6. The van der Waals surface area contributed by atoms with Crippen molar-refractivity contribution in [1.29, 1.82) is 0 Å². The van der Waals surface area contributed by atoms with Crippen LogP contribution in [0.25, 0.3) is 0 Å². The zero-order valence-electron chi connectivity index (χ0n) is 12.5. The fraction of sp³-hybridized carbons (Fsp3) is 0.667. The third-order valence-electron chi connectivity index (χ3n) is 6.74. The number of halogens is 1. The highest BCUT2D eigenvalue weighted by Crippen LogP contribution is 2.61. The van der Waals surface area contributed by atoms with E-state index >= 15 is 0 Å². The number of aryl methyl sites for hydroxylation is 1. The first-order valence-electron chi connectivity index (χ1n) is 8.20. The van der Waals surface area contributed by atoms with Crippen LogP contribution in [0.1, 0.15) is 56.1 Å². The summed E-state index contributed by atoms with van der Waals surface area (Å²) in [5.74, 6) is 2.50. The number of hydrogen-bond donors (Lipinski definition) is 2. The molecule has 2 nitrogen and oxygen atoms in total. The van der Waals surface area contributed by atoms with Crippen LogP contribution in [0, 0.1) is 20.8 Å². The summed E-state index contributed by atoms with van der Waals surface area (Å²) in [6.45, 7) is 2.32. The Labute approximate surface area is 140 Å². The van der Waals surface area contributed by atoms with Crippen molar-refractivity contribution in [3.8, 4) is 5.75 Å². The van der Waals surface area contributed by atoms with Crippen LogP contribution in [-0.4, -0.2) is 16.3 Å². The molecule has 0 heterocycles. The molecule has 114 valence electrons. The second-order valence-electron chi connectivity index (χ2n) is 7.56. The van der Waals surface area contributed by atoms with E-state index < -0.39 is 0 Å². The second kappa shape index (κ2) is 4.85. The quantitative estimate of drug-likeness (QED) is 0.643. The van der Waals surface area contributed by atoms with Crippen LogP contribution in [0.15, 0.2) is 12.1 Å². The zero-order chi connectivity index (χ0) is 14.8. The van der Waals surface area contributed by atoms with E-state index in [1.165, 1.54) is 30.4 Å². The van der Waals surface area contributed by atoms with E-state index in [4.69, 9.17) is 0 Å². The molecule has 3 aliphatic carbocycles. The van der Waals surface area contributed by atoms with Crippen molar-refractivity contribution < 1.29 is 10.2 Å².